The zero-order chi connectivity index (χ0) is 20.7. The Bertz CT molecular complexity index is 1230. The molecule has 0 radical (unpaired) electrons. The number of aromatic amines is 1. The highest BCUT2D eigenvalue weighted by molar-refractivity contribution is 5.78. The topological polar surface area (TPSA) is 91.8 Å². The summed E-state index contributed by atoms with van der Waals surface area (Å²) in [6.07, 6.45) is 3.47. The van der Waals surface area contributed by atoms with E-state index in [0.29, 0.717) is 13.2 Å². The van der Waals surface area contributed by atoms with Crippen LogP contribution in [0.4, 0.5) is 11.6 Å². The molecule has 5 rings (SSSR count). The number of hydrogen-bond acceptors (Lipinski definition) is 7. The van der Waals surface area contributed by atoms with E-state index in [2.05, 4.69) is 53.3 Å². The Morgan fingerprint density at radius 1 is 1.10 bits per heavy atom. The molecule has 1 aliphatic rings. The van der Waals surface area contributed by atoms with E-state index in [4.69, 9.17) is 4.74 Å². The average molecular weight is 401 g/mol. The average Bonchev–Trinajstić information content (AvgIpc) is 2.99. The van der Waals surface area contributed by atoms with Crippen molar-refractivity contribution < 1.29 is 4.74 Å². The van der Waals surface area contributed by atoms with Crippen LogP contribution in [0.25, 0.3) is 22.3 Å². The van der Waals surface area contributed by atoms with E-state index in [-0.39, 0.29) is 0 Å². The lowest BCUT2D eigenvalue weighted by molar-refractivity contribution is 0.331. The highest BCUT2D eigenvalue weighted by atomic mass is 16.5. The van der Waals surface area contributed by atoms with Gasteiger partial charge in [0.2, 0.25) is 0 Å². The first-order valence-electron chi connectivity index (χ1n) is 9.95. The standard InChI is InChI=1S/C22H23N7O/c1-13-20(23-3)25-12-26-22(13)29-6-7-30-19-5-4-15(8-17(19)11-29)16-9-18-21(24-10-16)28-14(2)27-18/h4-5,8-10,12H,6-7,11H2,1-3H3,(H,23,25,26)(H,24,27,28). The van der Waals surface area contributed by atoms with Gasteiger partial charge in [-0.05, 0) is 37.6 Å². The largest absolute Gasteiger partial charge is 0.491 e. The van der Waals surface area contributed by atoms with Gasteiger partial charge in [0.05, 0.1) is 12.1 Å². The van der Waals surface area contributed by atoms with E-state index >= 15 is 0 Å². The third kappa shape index (κ3) is 3.20. The van der Waals surface area contributed by atoms with Gasteiger partial charge in [-0.25, -0.2) is 19.9 Å². The second-order valence-electron chi connectivity index (χ2n) is 7.43. The van der Waals surface area contributed by atoms with Crippen LogP contribution in [0.5, 0.6) is 5.75 Å². The molecule has 1 aromatic carbocycles. The highest BCUT2D eigenvalue weighted by Crippen LogP contribution is 2.32. The van der Waals surface area contributed by atoms with E-state index < -0.39 is 0 Å². The summed E-state index contributed by atoms with van der Waals surface area (Å²) < 4.78 is 6.03. The van der Waals surface area contributed by atoms with Gasteiger partial charge in [-0.15, -0.1) is 0 Å². The molecule has 2 N–H and O–H groups in total. The van der Waals surface area contributed by atoms with Crippen molar-refractivity contribution in [3.8, 4) is 16.9 Å². The second-order valence-corrected chi connectivity index (χ2v) is 7.43. The molecule has 0 atom stereocenters. The Hall–Kier alpha value is -3.68. The van der Waals surface area contributed by atoms with Crippen LogP contribution in [-0.2, 0) is 6.54 Å². The van der Waals surface area contributed by atoms with Crippen molar-refractivity contribution in [2.75, 3.05) is 30.4 Å². The van der Waals surface area contributed by atoms with Gasteiger partial charge in [-0.2, -0.15) is 0 Å². The van der Waals surface area contributed by atoms with Gasteiger partial charge in [0.15, 0.2) is 5.65 Å². The van der Waals surface area contributed by atoms with Crippen LogP contribution in [0.3, 0.4) is 0 Å². The summed E-state index contributed by atoms with van der Waals surface area (Å²) in [4.78, 5) is 23.2. The summed E-state index contributed by atoms with van der Waals surface area (Å²) in [5, 5.41) is 3.13. The number of ether oxygens (including phenoxy) is 1. The third-order valence-corrected chi connectivity index (χ3v) is 5.42. The molecule has 3 aromatic heterocycles. The summed E-state index contributed by atoms with van der Waals surface area (Å²) in [5.41, 5.74) is 5.96. The molecule has 152 valence electrons. The molecule has 0 spiro atoms. The third-order valence-electron chi connectivity index (χ3n) is 5.42. The smallest absolute Gasteiger partial charge is 0.177 e. The van der Waals surface area contributed by atoms with Gasteiger partial charge in [0, 0.05) is 36.5 Å². The lowest BCUT2D eigenvalue weighted by Crippen LogP contribution is -2.27. The molecule has 0 unspecified atom stereocenters. The van der Waals surface area contributed by atoms with Crippen LogP contribution in [0, 0.1) is 13.8 Å². The van der Waals surface area contributed by atoms with Gasteiger partial charge in [0.1, 0.15) is 36.1 Å². The molecular formula is C22H23N7O. The lowest BCUT2D eigenvalue weighted by atomic mass is 10.0. The van der Waals surface area contributed by atoms with E-state index in [1.807, 2.05) is 33.2 Å². The second kappa shape index (κ2) is 7.29. The van der Waals surface area contributed by atoms with Crippen LogP contribution < -0.4 is 15.0 Å². The van der Waals surface area contributed by atoms with Crippen molar-refractivity contribution >= 4 is 22.8 Å². The number of anilines is 2. The molecule has 4 heterocycles. The Kier molecular flexibility index (Phi) is 4.46. The Labute approximate surface area is 174 Å². The van der Waals surface area contributed by atoms with Gasteiger partial charge >= 0.3 is 0 Å². The highest BCUT2D eigenvalue weighted by Gasteiger charge is 2.20. The molecule has 0 saturated heterocycles. The molecule has 4 aromatic rings. The Morgan fingerprint density at radius 3 is 2.87 bits per heavy atom. The molecule has 0 bridgehead atoms. The summed E-state index contributed by atoms with van der Waals surface area (Å²) in [7, 11) is 1.87. The van der Waals surface area contributed by atoms with E-state index in [0.717, 1.165) is 63.2 Å². The van der Waals surface area contributed by atoms with Gasteiger partial charge in [-0.1, -0.05) is 6.07 Å². The number of nitrogens with one attached hydrogen (secondary N) is 2. The summed E-state index contributed by atoms with van der Waals surface area (Å²) in [5.74, 6) is 3.54. The molecule has 0 aliphatic carbocycles. The monoisotopic (exact) mass is 401 g/mol. The first kappa shape index (κ1) is 18.4. The number of nitrogens with zero attached hydrogens (tertiary/aromatic N) is 5. The lowest BCUT2D eigenvalue weighted by Gasteiger charge is -2.23. The first-order valence-corrected chi connectivity index (χ1v) is 9.95. The fourth-order valence-electron chi connectivity index (χ4n) is 3.94. The quantitative estimate of drug-likeness (QED) is 0.543. The molecule has 8 nitrogen and oxygen atoms in total. The number of rotatable bonds is 3. The minimum atomic E-state index is 0.603. The van der Waals surface area contributed by atoms with Gasteiger partial charge in [0.25, 0.3) is 0 Å². The minimum absolute atomic E-state index is 0.603. The van der Waals surface area contributed by atoms with Crippen molar-refractivity contribution in [1.29, 1.82) is 0 Å². The van der Waals surface area contributed by atoms with Gasteiger partial charge in [-0.3, -0.25) is 0 Å². The molecule has 0 amide bonds. The van der Waals surface area contributed by atoms with Crippen molar-refractivity contribution in [1.82, 2.24) is 24.9 Å². The number of aromatic nitrogens is 5. The van der Waals surface area contributed by atoms with Crippen LogP contribution in [0.15, 0.2) is 36.8 Å². The Balaban J connectivity index is 1.51. The summed E-state index contributed by atoms with van der Waals surface area (Å²) >= 11 is 0. The predicted molar refractivity (Wildman–Crippen MR) is 117 cm³/mol. The SMILES string of the molecule is CNc1ncnc(N2CCOc3ccc(-c4cnc5nc(C)[nH]c5c4)cc3C2)c1C. The fraction of sp³-hybridized carbons (Fsp3) is 0.273. The Morgan fingerprint density at radius 2 is 2.00 bits per heavy atom. The predicted octanol–water partition coefficient (Wildman–Crippen LogP) is 3.47. The maximum atomic E-state index is 6.03. The molecule has 8 heteroatoms. The van der Waals surface area contributed by atoms with E-state index in [1.165, 1.54) is 0 Å². The molecule has 30 heavy (non-hydrogen) atoms. The van der Waals surface area contributed by atoms with Crippen molar-refractivity contribution in [2.24, 2.45) is 0 Å². The molecule has 0 fully saturated rings. The summed E-state index contributed by atoms with van der Waals surface area (Å²) in [6, 6.07) is 8.39. The maximum Gasteiger partial charge on any atom is 0.177 e. The van der Waals surface area contributed by atoms with Crippen LogP contribution in [-0.4, -0.2) is 45.1 Å². The van der Waals surface area contributed by atoms with Crippen molar-refractivity contribution in [3.05, 3.63) is 53.7 Å². The summed E-state index contributed by atoms with van der Waals surface area (Å²) in [6.45, 7) is 6.04. The number of imidazole rings is 1. The van der Waals surface area contributed by atoms with Crippen molar-refractivity contribution in [2.45, 2.75) is 20.4 Å². The van der Waals surface area contributed by atoms with E-state index in [9.17, 15) is 0 Å². The maximum absolute atomic E-state index is 6.03. The zero-order valence-electron chi connectivity index (χ0n) is 17.2. The van der Waals surface area contributed by atoms with Crippen LogP contribution in [0.2, 0.25) is 0 Å². The first-order chi connectivity index (χ1) is 14.6. The van der Waals surface area contributed by atoms with Crippen LogP contribution >= 0.6 is 0 Å². The minimum Gasteiger partial charge on any atom is -0.491 e. The number of hydrogen-bond donors (Lipinski definition) is 2. The van der Waals surface area contributed by atoms with Crippen LogP contribution in [0.1, 0.15) is 17.0 Å². The number of H-pyrrole nitrogens is 1. The van der Waals surface area contributed by atoms with Gasteiger partial charge < -0.3 is 19.9 Å². The zero-order valence-corrected chi connectivity index (χ0v) is 17.2. The van der Waals surface area contributed by atoms with Crippen molar-refractivity contribution in [3.63, 3.8) is 0 Å². The molecule has 1 aliphatic heterocycles. The molecule has 0 saturated carbocycles. The number of aryl methyl sites for hydroxylation is 1. The number of fused-ring (bicyclic) bond motifs is 2. The van der Waals surface area contributed by atoms with E-state index in [1.54, 1.807) is 6.33 Å². The normalized spacial score (nSPS) is 13.6. The number of benzene rings is 1. The fourth-order valence-corrected chi connectivity index (χ4v) is 3.94. The molecular weight excluding hydrogens is 378 g/mol. The number of pyridine rings is 1.